The topological polar surface area (TPSA) is 26.0 Å². The number of nitrogens with two attached hydrogens (primary N) is 1. The van der Waals surface area contributed by atoms with E-state index in [1.165, 1.54) is 5.56 Å². The molecule has 0 aliphatic heterocycles. The summed E-state index contributed by atoms with van der Waals surface area (Å²) in [6.07, 6.45) is 0. The van der Waals surface area contributed by atoms with Crippen molar-refractivity contribution in [2.75, 3.05) is 6.54 Å². The highest BCUT2D eigenvalue weighted by atomic mass is 35.5. The minimum Gasteiger partial charge on any atom is -0.330 e. The first-order valence-corrected chi connectivity index (χ1v) is 6.61. The van der Waals surface area contributed by atoms with Gasteiger partial charge in [-0.15, -0.1) is 0 Å². The molecule has 2 rings (SSSR count). The normalized spacial score (nSPS) is 14.2. The molecule has 94 valence electrons. The standard InChI is InChI=1S/C16H18ClN/c1-12(13-7-3-2-4-8-13)15(11-18)14-9-5-6-10-16(14)17/h2-10,12,15H,11,18H2,1H3. The van der Waals surface area contributed by atoms with E-state index in [0.29, 0.717) is 12.5 Å². The number of halogens is 1. The van der Waals surface area contributed by atoms with Gasteiger partial charge in [0.25, 0.3) is 0 Å². The van der Waals surface area contributed by atoms with E-state index in [9.17, 15) is 0 Å². The van der Waals surface area contributed by atoms with Gasteiger partial charge >= 0.3 is 0 Å². The third-order valence-corrected chi connectivity index (χ3v) is 3.83. The molecule has 0 amide bonds. The molecule has 2 N–H and O–H groups in total. The number of rotatable bonds is 4. The van der Waals surface area contributed by atoms with Crippen molar-refractivity contribution in [2.24, 2.45) is 5.73 Å². The Bertz CT molecular complexity index is 495. The number of benzene rings is 2. The molecule has 0 spiro atoms. The molecule has 0 bridgehead atoms. The SMILES string of the molecule is CC(c1ccccc1)C(CN)c1ccccc1Cl. The fourth-order valence-electron chi connectivity index (χ4n) is 2.37. The average Bonchev–Trinajstić information content (AvgIpc) is 2.42. The van der Waals surface area contributed by atoms with Crippen LogP contribution >= 0.6 is 11.6 Å². The molecular formula is C16H18ClN. The second-order valence-electron chi connectivity index (χ2n) is 4.56. The smallest absolute Gasteiger partial charge is 0.0441 e. The number of hydrogen-bond donors (Lipinski definition) is 1. The molecule has 0 radical (unpaired) electrons. The van der Waals surface area contributed by atoms with Gasteiger partial charge in [0, 0.05) is 10.9 Å². The van der Waals surface area contributed by atoms with Crippen LogP contribution in [0, 0.1) is 0 Å². The maximum Gasteiger partial charge on any atom is 0.0441 e. The molecule has 2 heteroatoms. The highest BCUT2D eigenvalue weighted by Gasteiger charge is 2.21. The zero-order valence-electron chi connectivity index (χ0n) is 10.5. The second kappa shape index (κ2) is 6.03. The molecule has 0 aliphatic rings. The summed E-state index contributed by atoms with van der Waals surface area (Å²) in [4.78, 5) is 0. The Hall–Kier alpha value is -1.31. The van der Waals surface area contributed by atoms with E-state index >= 15 is 0 Å². The second-order valence-corrected chi connectivity index (χ2v) is 4.97. The molecule has 0 aliphatic carbocycles. The minimum atomic E-state index is 0.251. The molecule has 1 nitrogen and oxygen atoms in total. The Balaban J connectivity index is 2.32. The van der Waals surface area contributed by atoms with Crippen molar-refractivity contribution < 1.29 is 0 Å². The summed E-state index contributed by atoms with van der Waals surface area (Å²) in [7, 11) is 0. The van der Waals surface area contributed by atoms with Crippen LogP contribution in [0.5, 0.6) is 0 Å². The van der Waals surface area contributed by atoms with Crippen LogP contribution in [0.3, 0.4) is 0 Å². The third-order valence-electron chi connectivity index (χ3n) is 3.49. The van der Waals surface area contributed by atoms with Crippen LogP contribution in [0.4, 0.5) is 0 Å². The van der Waals surface area contributed by atoms with Gasteiger partial charge in [-0.2, -0.15) is 0 Å². The predicted molar refractivity (Wildman–Crippen MR) is 78.1 cm³/mol. The Morgan fingerprint density at radius 2 is 1.61 bits per heavy atom. The van der Waals surface area contributed by atoms with Crippen molar-refractivity contribution in [3.8, 4) is 0 Å². The maximum atomic E-state index is 6.27. The molecule has 0 saturated heterocycles. The lowest BCUT2D eigenvalue weighted by atomic mass is 9.83. The Kier molecular flexibility index (Phi) is 4.40. The summed E-state index contributed by atoms with van der Waals surface area (Å²) >= 11 is 6.27. The van der Waals surface area contributed by atoms with Gasteiger partial charge in [-0.25, -0.2) is 0 Å². The van der Waals surface area contributed by atoms with Crippen molar-refractivity contribution >= 4 is 11.6 Å². The fraction of sp³-hybridized carbons (Fsp3) is 0.250. The van der Waals surface area contributed by atoms with E-state index in [0.717, 1.165) is 10.6 Å². The molecule has 2 unspecified atom stereocenters. The Morgan fingerprint density at radius 3 is 2.22 bits per heavy atom. The minimum absolute atomic E-state index is 0.251. The van der Waals surface area contributed by atoms with E-state index < -0.39 is 0 Å². The van der Waals surface area contributed by atoms with Crippen molar-refractivity contribution in [3.05, 3.63) is 70.7 Å². The summed E-state index contributed by atoms with van der Waals surface area (Å²) < 4.78 is 0. The molecule has 18 heavy (non-hydrogen) atoms. The lowest BCUT2D eigenvalue weighted by Crippen LogP contribution is -2.18. The monoisotopic (exact) mass is 259 g/mol. The van der Waals surface area contributed by atoms with Crippen LogP contribution in [0.25, 0.3) is 0 Å². The van der Waals surface area contributed by atoms with Crippen LogP contribution in [0.1, 0.15) is 29.9 Å². The van der Waals surface area contributed by atoms with E-state index in [-0.39, 0.29) is 5.92 Å². The van der Waals surface area contributed by atoms with Gasteiger partial charge in [0.2, 0.25) is 0 Å². The largest absolute Gasteiger partial charge is 0.330 e. The molecule has 0 heterocycles. The van der Waals surface area contributed by atoms with Gasteiger partial charge in [-0.05, 0) is 29.7 Å². The highest BCUT2D eigenvalue weighted by Crippen LogP contribution is 2.35. The predicted octanol–water partition coefficient (Wildman–Crippen LogP) is 4.19. The first-order chi connectivity index (χ1) is 8.74. The molecule has 2 atom stereocenters. The van der Waals surface area contributed by atoms with Crippen LogP contribution < -0.4 is 5.73 Å². The summed E-state index contributed by atoms with van der Waals surface area (Å²) in [6, 6.07) is 18.4. The van der Waals surface area contributed by atoms with Crippen molar-refractivity contribution in [3.63, 3.8) is 0 Å². The van der Waals surface area contributed by atoms with Gasteiger partial charge < -0.3 is 5.73 Å². The lowest BCUT2D eigenvalue weighted by Gasteiger charge is -2.24. The van der Waals surface area contributed by atoms with E-state index in [1.807, 2.05) is 24.3 Å². The van der Waals surface area contributed by atoms with Crippen molar-refractivity contribution in [1.82, 2.24) is 0 Å². The van der Waals surface area contributed by atoms with Crippen LogP contribution in [-0.2, 0) is 0 Å². The number of hydrogen-bond acceptors (Lipinski definition) is 1. The Morgan fingerprint density at radius 1 is 1.00 bits per heavy atom. The van der Waals surface area contributed by atoms with Gasteiger partial charge in [0.05, 0.1) is 0 Å². The van der Waals surface area contributed by atoms with E-state index in [1.54, 1.807) is 0 Å². The first-order valence-electron chi connectivity index (χ1n) is 6.23. The Labute approximate surface area is 114 Å². The molecule has 2 aromatic rings. The third kappa shape index (κ3) is 2.74. The molecule has 2 aromatic carbocycles. The maximum absolute atomic E-state index is 6.27. The van der Waals surface area contributed by atoms with Crippen LogP contribution in [-0.4, -0.2) is 6.54 Å². The highest BCUT2D eigenvalue weighted by molar-refractivity contribution is 6.31. The first kappa shape index (κ1) is 13.1. The summed E-state index contributed by atoms with van der Waals surface area (Å²) in [5.41, 5.74) is 8.39. The van der Waals surface area contributed by atoms with Gasteiger partial charge in [-0.3, -0.25) is 0 Å². The van der Waals surface area contributed by atoms with Gasteiger partial charge in [-0.1, -0.05) is 67.1 Å². The quantitative estimate of drug-likeness (QED) is 0.876. The molecule has 0 aromatic heterocycles. The van der Waals surface area contributed by atoms with Crippen LogP contribution in [0.15, 0.2) is 54.6 Å². The average molecular weight is 260 g/mol. The van der Waals surface area contributed by atoms with Crippen molar-refractivity contribution in [1.29, 1.82) is 0 Å². The van der Waals surface area contributed by atoms with E-state index in [2.05, 4.69) is 37.3 Å². The van der Waals surface area contributed by atoms with E-state index in [4.69, 9.17) is 17.3 Å². The molecule has 0 saturated carbocycles. The van der Waals surface area contributed by atoms with Crippen LogP contribution in [0.2, 0.25) is 5.02 Å². The molecule has 0 fully saturated rings. The molecular weight excluding hydrogens is 242 g/mol. The van der Waals surface area contributed by atoms with Crippen molar-refractivity contribution in [2.45, 2.75) is 18.8 Å². The summed E-state index contributed by atoms with van der Waals surface area (Å²) in [6.45, 7) is 2.80. The zero-order chi connectivity index (χ0) is 13.0. The summed E-state index contributed by atoms with van der Waals surface area (Å²) in [5, 5.41) is 0.802. The summed E-state index contributed by atoms with van der Waals surface area (Å²) in [5.74, 6) is 0.609. The lowest BCUT2D eigenvalue weighted by molar-refractivity contribution is 0.585. The zero-order valence-corrected chi connectivity index (χ0v) is 11.3. The fourth-order valence-corrected chi connectivity index (χ4v) is 2.64. The van der Waals surface area contributed by atoms with Gasteiger partial charge in [0.1, 0.15) is 0 Å². The van der Waals surface area contributed by atoms with Gasteiger partial charge in [0.15, 0.2) is 0 Å².